The molecule has 0 aliphatic carbocycles. The van der Waals surface area contributed by atoms with Crippen LogP contribution < -0.4 is 4.90 Å². The van der Waals surface area contributed by atoms with Gasteiger partial charge in [-0.25, -0.2) is 0 Å². The third kappa shape index (κ3) is 2.86. The molecule has 0 spiro atoms. The van der Waals surface area contributed by atoms with E-state index in [9.17, 15) is 5.11 Å². The minimum absolute atomic E-state index is 0.145. The Morgan fingerprint density at radius 3 is 2.89 bits per heavy atom. The number of rotatable bonds is 4. The van der Waals surface area contributed by atoms with Crippen molar-refractivity contribution in [3.05, 3.63) is 29.3 Å². The summed E-state index contributed by atoms with van der Waals surface area (Å²) in [5, 5.41) is 9.56. The highest BCUT2D eigenvalue weighted by Gasteiger charge is 2.23. The number of aliphatic hydroxyl groups is 1. The van der Waals surface area contributed by atoms with E-state index in [1.54, 1.807) is 0 Å². The summed E-state index contributed by atoms with van der Waals surface area (Å²) in [5.41, 5.74) is 3.56. The maximum Gasteiger partial charge on any atom is 0.0702 e. The van der Waals surface area contributed by atoms with Crippen LogP contribution in [-0.4, -0.2) is 17.7 Å². The van der Waals surface area contributed by atoms with Gasteiger partial charge in [-0.1, -0.05) is 31.0 Å². The van der Waals surface area contributed by atoms with Gasteiger partial charge in [0, 0.05) is 23.8 Å². The first-order chi connectivity index (χ1) is 8.76. The predicted octanol–water partition coefficient (Wildman–Crippen LogP) is 3.65. The zero-order valence-electron chi connectivity index (χ0n) is 11.7. The van der Waals surface area contributed by atoms with E-state index in [0.29, 0.717) is 6.04 Å². The molecule has 1 atom stereocenters. The highest BCUT2D eigenvalue weighted by Crippen LogP contribution is 2.30. The highest BCUT2D eigenvalue weighted by atomic mass is 16.3. The van der Waals surface area contributed by atoms with Crippen LogP contribution in [0.25, 0.3) is 0 Å². The van der Waals surface area contributed by atoms with Gasteiger partial charge in [0.15, 0.2) is 0 Å². The minimum Gasteiger partial charge on any atom is -0.392 e. The number of piperidine rings is 1. The van der Waals surface area contributed by atoms with Crippen molar-refractivity contribution in [2.24, 2.45) is 0 Å². The van der Waals surface area contributed by atoms with Gasteiger partial charge in [0.1, 0.15) is 0 Å². The molecule has 0 saturated carbocycles. The molecule has 100 valence electrons. The van der Waals surface area contributed by atoms with Crippen molar-refractivity contribution in [3.8, 4) is 0 Å². The summed E-state index contributed by atoms with van der Waals surface area (Å²) in [6.45, 7) is 5.63. The molecule has 0 radical (unpaired) electrons. The van der Waals surface area contributed by atoms with Crippen LogP contribution in [0.4, 0.5) is 5.69 Å². The fourth-order valence-electron chi connectivity index (χ4n) is 3.07. The molecule has 1 aromatic carbocycles. The number of benzene rings is 1. The van der Waals surface area contributed by atoms with E-state index < -0.39 is 0 Å². The zero-order chi connectivity index (χ0) is 13.0. The van der Waals surface area contributed by atoms with Gasteiger partial charge in [-0.2, -0.15) is 0 Å². The Morgan fingerprint density at radius 2 is 2.17 bits per heavy atom. The number of aryl methyl sites for hydroxylation is 1. The largest absolute Gasteiger partial charge is 0.392 e. The lowest BCUT2D eigenvalue weighted by Crippen LogP contribution is -2.40. The molecule has 1 heterocycles. The average Bonchev–Trinajstić information content (AvgIpc) is 2.40. The minimum atomic E-state index is 0.145. The summed E-state index contributed by atoms with van der Waals surface area (Å²) in [5.74, 6) is 0. The van der Waals surface area contributed by atoms with Crippen molar-refractivity contribution >= 4 is 5.69 Å². The van der Waals surface area contributed by atoms with Crippen LogP contribution in [0.15, 0.2) is 18.2 Å². The van der Waals surface area contributed by atoms with Crippen molar-refractivity contribution in [3.63, 3.8) is 0 Å². The fourth-order valence-corrected chi connectivity index (χ4v) is 3.07. The van der Waals surface area contributed by atoms with Gasteiger partial charge in [-0.3, -0.25) is 0 Å². The average molecular weight is 247 g/mol. The van der Waals surface area contributed by atoms with Gasteiger partial charge in [-0.15, -0.1) is 0 Å². The monoisotopic (exact) mass is 247 g/mol. The summed E-state index contributed by atoms with van der Waals surface area (Å²) in [6.07, 6.45) is 6.42. The maximum atomic E-state index is 9.56. The van der Waals surface area contributed by atoms with E-state index in [2.05, 4.69) is 36.9 Å². The third-order valence-electron chi connectivity index (χ3n) is 3.96. The molecule has 0 aromatic heterocycles. The topological polar surface area (TPSA) is 23.5 Å². The summed E-state index contributed by atoms with van der Waals surface area (Å²) < 4.78 is 0. The van der Waals surface area contributed by atoms with Crippen molar-refractivity contribution < 1.29 is 5.11 Å². The zero-order valence-corrected chi connectivity index (χ0v) is 11.7. The van der Waals surface area contributed by atoms with Crippen molar-refractivity contribution in [2.75, 3.05) is 11.4 Å². The van der Waals surface area contributed by atoms with E-state index in [4.69, 9.17) is 0 Å². The van der Waals surface area contributed by atoms with E-state index in [1.807, 2.05) is 0 Å². The summed E-state index contributed by atoms with van der Waals surface area (Å²) >= 11 is 0. The molecule has 1 aliphatic rings. The second kappa shape index (κ2) is 6.24. The number of aliphatic hydroxyl groups excluding tert-OH is 1. The van der Waals surface area contributed by atoms with Crippen LogP contribution in [0, 0.1) is 6.92 Å². The van der Waals surface area contributed by atoms with Crippen LogP contribution in [0.5, 0.6) is 0 Å². The second-order valence-electron chi connectivity index (χ2n) is 5.42. The first kappa shape index (κ1) is 13.4. The van der Waals surface area contributed by atoms with Crippen LogP contribution in [0.3, 0.4) is 0 Å². The molecule has 1 unspecified atom stereocenters. The fraction of sp³-hybridized carbons (Fsp3) is 0.625. The molecule has 1 fully saturated rings. The first-order valence-corrected chi connectivity index (χ1v) is 7.23. The molecule has 2 rings (SSSR count). The lowest BCUT2D eigenvalue weighted by Gasteiger charge is -2.38. The lowest BCUT2D eigenvalue weighted by molar-refractivity contribution is 0.281. The molecule has 1 aliphatic heterocycles. The molecule has 0 bridgehead atoms. The van der Waals surface area contributed by atoms with Crippen molar-refractivity contribution in [1.29, 1.82) is 0 Å². The summed E-state index contributed by atoms with van der Waals surface area (Å²) in [6, 6.07) is 7.13. The number of hydrogen-bond donors (Lipinski definition) is 1. The van der Waals surface area contributed by atoms with Crippen molar-refractivity contribution in [2.45, 2.75) is 58.6 Å². The van der Waals surface area contributed by atoms with Crippen LogP contribution in [-0.2, 0) is 6.61 Å². The Balaban J connectivity index is 2.27. The van der Waals surface area contributed by atoms with Gasteiger partial charge in [0.25, 0.3) is 0 Å². The van der Waals surface area contributed by atoms with Gasteiger partial charge in [0.05, 0.1) is 6.61 Å². The molecule has 0 amide bonds. The van der Waals surface area contributed by atoms with Crippen LogP contribution >= 0.6 is 0 Å². The molecule has 1 N–H and O–H groups in total. The third-order valence-corrected chi connectivity index (χ3v) is 3.96. The SMILES string of the molecule is CCCC1CCCCN1c1ccc(C)cc1CO. The predicted molar refractivity (Wildman–Crippen MR) is 77.0 cm³/mol. The summed E-state index contributed by atoms with van der Waals surface area (Å²) in [4.78, 5) is 2.53. The Kier molecular flexibility index (Phi) is 4.65. The molecule has 18 heavy (non-hydrogen) atoms. The molecular weight excluding hydrogens is 222 g/mol. The molecule has 1 saturated heterocycles. The quantitative estimate of drug-likeness (QED) is 0.878. The van der Waals surface area contributed by atoms with Crippen LogP contribution in [0.2, 0.25) is 0 Å². The number of hydrogen-bond acceptors (Lipinski definition) is 2. The van der Waals surface area contributed by atoms with Gasteiger partial charge < -0.3 is 10.0 Å². The van der Waals surface area contributed by atoms with Crippen molar-refractivity contribution in [1.82, 2.24) is 0 Å². The van der Waals surface area contributed by atoms with E-state index in [1.165, 1.54) is 43.4 Å². The molecule has 2 nitrogen and oxygen atoms in total. The van der Waals surface area contributed by atoms with E-state index in [-0.39, 0.29) is 6.61 Å². The smallest absolute Gasteiger partial charge is 0.0702 e. The Hall–Kier alpha value is -1.02. The number of nitrogens with zero attached hydrogens (tertiary/aromatic N) is 1. The van der Waals surface area contributed by atoms with Crippen LogP contribution in [0.1, 0.15) is 50.2 Å². The summed E-state index contributed by atoms with van der Waals surface area (Å²) in [7, 11) is 0. The van der Waals surface area contributed by atoms with Gasteiger partial charge >= 0.3 is 0 Å². The van der Waals surface area contributed by atoms with E-state index in [0.717, 1.165) is 12.1 Å². The molecular formula is C16H25NO. The molecule has 2 heteroatoms. The highest BCUT2D eigenvalue weighted by molar-refractivity contribution is 5.55. The Labute approximate surface area is 111 Å². The van der Waals surface area contributed by atoms with E-state index >= 15 is 0 Å². The molecule has 1 aromatic rings. The maximum absolute atomic E-state index is 9.56. The first-order valence-electron chi connectivity index (χ1n) is 7.23. The standard InChI is InChI=1S/C16H25NO/c1-3-6-15-7-4-5-10-17(15)16-9-8-13(2)11-14(16)12-18/h8-9,11,15,18H,3-7,10,12H2,1-2H3. The Morgan fingerprint density at radius 1 is 1.33 bits per heavy atom. The lowest BCUT2D eigenvalue weighted by atomic mass is 9.96. The van der Waals surface area contributed by atoms with Gasteiger partial charge in [-0.05, 0) is 38.7 Å². The normalized spacial score (nSPS) is 20.2. The second-order valence-corrected chi connectivity index (χ2v) is 5.42. The number of anilines is 1. The Bertz CT molecular complexity index is 387. The van der Waals surface area contributed by atoms with Gasteiger partial charge in [0.2, 0.25) is 0 Å².